The van der Waals surface area contributed by atoms with Crippen LogP contribution in [0.25, 0.3) is 0 Å². The van der Waals surface area contributed by atoms with E-state index in [0.29, 0.717) is 0 Å². The molecule has 13 heavy (non-hydrogen) atoms. The summed E-state index contributed by atoms with van der Waals surface area (Å²) in [6.07, 6.45) is 2.19. The number of oxime groups is 1. The van der Waals surface area contributed by atoms with Gasteiger partial charge in [-0.15, -0.1) is 0 Å². The summed E-state index contributed by atoms with van der Waals surface area (Å²) in [5.74, 6) is 0. The van der Waals surface area contributed by atoms with E-state index in [1.54, 1.807) is 0 Å². The van der Waals surface area contributed by atoms with Gasteiger partial charge in [-0.1, -0.05) is 54.4 Å². The maximum Gasteiger partial charge on any atom is 0.175 e. The SMILES string of the molecule is CCCc1ccc(/C(Cl)=N/O)cc1. The molecule has 1 aromatic rings. The van der Waals surface area contributed by atoms with E-state index in [2.05, 4.69) is 12.1 Å². The van der Waals surface area contributed by atoms with Crippen LogP contribution >= 0.6 is 11.6 Å². The van der Waals surface area contributed by atoms with E-state index >= 15 is 0 Å². The Hall–Kier alpha value is -1.02. The lowest BCUT2D eigenvalue weighted by atomic mass is 10.1. The second-order valence-corrected chi connectivity index (χ2v) is 3.20. The van der Waals surface area contributed by atoms with E-state index in [0.717, 1.165) is 18.4 Å². The highest BCUT2D eigenvalue weighted by atomic mass is 35.5. The lowest BCUT2D eigenvalue weighted by Gasteiger charge is -1.99. The van der Waals surface area contributed by atoms with Crippen molar-refractivity contribution in [3.05, 3.63) is 35.4 Å². The molecule has 0 aromatic heterocycles. The van der Waals surface area contributed by atoms with Crippen molar-refractivity contribution in [2.45, 2.75) is 19.8 Å². The number of benzene rings is 1. The highest BCUT2D eigenvalue weighted by Crippen LogP contribution is 2.09. The first-order valence-corrected chi connectivity index (χ1v) is 4.62. The van der Waals surface area contributed by atoms with Gasteiger partial charge in [-0.2, -0.15) is 0 Å². The fraction of sp³-hybridized carbons (Fsp3) is 0.300. The number of nitrogens with zero attached hydrogens (tertiary/aromatic N) is 1. The molecule has 0 heterocycles. The van der Waals surface area contributed by atoms with Crippen LogP contribution in [0.3, 0.4) is 0 Å². The maximum absolute atomic E-state index is 8.42. The van der Waals surface area contributed by atoms with Crippen molar-refractivity contribution in [1.29, 1.82) is 0 Å². The van der Waals surface area contributed by atoms with Crippen LogP contribution < -0.4 is 0 Å². The van der Waals surface area contributed by atoms with E-state index in [9.17, 15) is 0 Å². The van der Waals surface area contributed by atoms with Gasteiger partial charge in [-0.25, -0.2) is 0 Å². The van der Waals surface area contributed by atoms with Crippen molar-refractivity contribution in [1.82, 2.24) is 0 Å². The van der Waals surface area contributed by atoms with Crippen molar-refractivity contribution in [3.63, 3.8) is 0 Å². The zero-order valence-electron chi connectivity index (χ0n) is 7.50. The molecule has 0 aliphatic rings. The molecular formula is C10H12ClNO. The van der Waals surface area contributed by atoms with E-state index in [1.165, 1.54) is 5.56 Å². The van der Waals surface area contributed by atoms with Crippen LogP contribution in [0.4, 0.5) is 0 Å². The van der Waals surface area contributed by atoms with Crippen LogP contribution in [0.5, 0.6) is 0 Å². The smallest absolute Gasteiger partial charge is 0.175 e. The van der Waals surface area contributed by atoms with Gasteiger partial charge in [0.25, 0.3) is 0 Å². The first-order valence-electron chi connectivity index (χ1n) is 4.24. The first kappa shape index (κ1) is 10.1. The Bertz CT molecular complexity index is 292. The highest BCUT2D eigenvalue weighted by Gasteiger charge is 1.99. The molecule has 3 heteroatoms. The van der Waals surface area contributed by atoms with Gasteiger partial charge in [0, 0.05) is 5.56 Å². The zero-order valence-corrected chi connectivity index (χ0v) is 8.25. The van der Waals surface area contributed by atoms with E-state index < -0.39 is 0 Å². The molecule has 1 N–H and O–H groups in total. The highest BCUT2D eigenvalue weighted by molar-refractivity contribution is 6.69. The molecule has 2 nitrogen and oxygen atoms in total. The Morgan fingerprint density at radius 1 is 1.38 bits per heavy atom. The number of rotatable bonds is 3. The molecule has 0 aliphatic carbocycles. The van der Waals surface area contributed by atoms with E-state index in [1.807, 2.05) is 24.3 Å². The predicted octanol–water partition coefficient (Wildman–Crippen LogP) is 3.01. The third kappa shape index (κ3) is 2.74. The minimum Gasteiger partial charge on any atom is -0.410 e. The minimum atomic E-state index is 0.128. The summed E-state index contributed by atoms with van der Waals surface area (Å²) >= 11 is 5.62. The largest absolute Gasteiger partial charge is 0.410 e. The predicted molar refractivity (Wildman–Crippen MR) is 54.6 cm³/mol. The van der Waals surface area contributed by atoms with Gasteiger partial charge in [0.15, 0.2) is 5.17 Å². The zero-order chi connectivity index (χ0) is 9.68. The summed E-state index contributed by atoms with van der Waals surface area (Å²) in [5, 5.41) is 11.5. The molecular weight excluding hydrogens is 186 g/mol. The van der Waals surface area contributed by atoms with Crippen LogP contribution in [-0.4, -0.2) is 10.4 Å². The summed E-state index contributed by atoms with van der Waals surface area (Å²) in [6.45, 7) is 2.13. The summed E-state index contributed by atoms with van der Waals surface area (Å²) in [7, 11) is 0. The average Bonchev–Trinajstić information content (AvgIpc) is 2.18. The van der Waals surface area contributed by atoms with Gasteiger partial charge < -0.3 is 5.21 Å². The normalized spacial score (nSPS) is 11.7. The van der Waals surface area contributed by atoms with Gasteiger partial charge in [-0.05, 0) is 12.0 Å². The summed E-state index contributed by atoms with van der Waals surface area (Å²) in [6, 6.07) is 7.69. The molecule has 0 bridgehead atoms. The Morgan fingerprint density at radius 3 is 2.46 bits per heavy atom. The molecule has 0 atom stereocenters. The summed E-state index contributed by atoms with van der Waals surface area (Å²) < 4.78 is 0. The Morgan fingerprint density at radius 2 is 2.00 bits per heavy atom. The van der Waals surface area contributed by atoms with Gasteiger partial charge in [0.2, 0.25) is 0 Å². The minimum absolute atomic E-state index is 0.128. The topological polar surface area (TPSA) is 32.6 Å². The van der Waals surface area contributed by atoms with Gasteiger partial charge in [0.1, 0.15) is 0 Å². The maximum atomic E-state index is 8.42. The third-order valence-electron chi connectivity index (χ3n) is 1.82. The molecule has 0 amide bonds. The second-order valence-electron chi connectivity index (χ2n) is 2.84. The molecule has 0 saturated carbocycles. The van der Waals surface area contributed by atoms with Crippen LogP contribution in [0.1, 0.15) is 24.5 Å². The fourth-order valence-electron chi connectivity index (χ4n) is 1.16. The quantitative estimate of drug-likeness (QED) is 0.451. The molecule has 0 unspecified atom stereocenters. The summed E-state index contributed by atoms with van der Waals surface area (Å²) in [4.78, 5) is 0. The first-order chi connectivity index (χ1) is 6.27. The summed E-state index contributed by atoms with van der Waals surface area (Å²) in [5.41, 5.74) is 2.01. The monoisotopic (exact) mass is 197 g/mol. The Balaban J connectivity index is 2.81. The van der Waals surface area contributed by atoms with Crippen molar-refractivity contribution in [2.24, 2.45) is 5.16 Å². The van der Waals surface area contributed by atoms with E-state index in [4.69, 9.17) is 16.8 Å². The van der Waals surface area contributed by atoms with Crippen molar-refractivity contribution < 1.29 is 5.21 Å². The lowest BCUT2D eigenvalue weighted by Crippen LogP contribution is -1.91. The van der Waals surface area contributed by atoms with Gasteiger partial charge >= 0.3 is 0 Å². The average molecular weight is 198 g/mol. The van der Waals surface area contributed by atoms with Crippen molar-refractivity contribution >= 4 is 16.8 Å². The van der Waals surface area contributed by atoms with E-state index in [-0.39, 0.29) is 5.17 Å². The number of aryl methyl sites for hydroxylation is 1. The number of hydrogen-bond acceptors (Lipinski definition) is 2. The fourth-order valence-corrected chi connectivity index (χ4v) is 1.28. The van der Waals surface area contributed by atoms with Crippen LogP contribution in [0.2, 0.25) is 0 Å². The van der Waals surface area contributed by atoms with Crippen LogP contribution in [0.15, 0.2) is 29.4 Å². The third-order valence-corrected chi connectivity index (χ3v) is 2.11. The molecule has 0 fully saturated rings. The number of halogens is 1. The molecule has 0 saturated heterocycles. The Kier molecular flexibility index (Phi) is 3.77. The van der Waals surface area contributed by atoms with Crippen molar-refractivity contribution in [2.75, 3.05) is 0 Å². The molecule has 0 spiro atoms. The molecule has 0 aliphatic heterocycles. The van der Waals surface area contributed by atoms with Gasteiger partial charge in [0.05, 0.1) is 0 Å². The lowest BCUT2D eigenvalue weighted by molar-refractivity contribution is 0.321. The van der Waals surface area contributed by atoms with Crippen LogP contribution in [0, 0.1) is 0 Å². The Labute approximate surface area is 82.8 Å². The molecule has 1 rings (SSSR count). The van der Waals surface area contributed by atoms with Crippen LogP contribution in [-0.2, 0) is 6.42 Å². The standard InChI is InChI=1S/C10H12ClNO/c1-2-3-8-4-6-9(7-5-8)10(11)12-13/h4-7,13H,2-3H2,1H3/b12-10-. The molecule has 1 aromatic carbocycles. The number of hydrogen-bond donors (Lipinski definition) is 1. The molecule has 70 valence electrons. The second kappa shape index (κ2) is 4.87. The van der Waals surface area contributed by atoms with Crippen molar-refractivity contribution in [3.8, 4) is 0 Å². The molecule has 0 radical (unpaired) electrons. The van der Waals surface area contributed by atoms with Gasteiger partial charge in [-0.3, -0.25) is 0 Å².